The standard InChI is InChI=1S/C41H72N2O2S2.H2/c1-3-5-7-9-11-13-15-17-19-20-22-24-26-28-30-32-34-45-41(38-47-46-37-40-35-42-39-43-40)36-44-33-31-29-27-25-23-21-18-16-14-12-10-8-6-4-2;/h8,10-11,13-14,16-17,19,35,39,41H,3-7,9,12,15,18,20-34,36-38H2,1-2H3,(H,42,43);1H/b10-8-,13-11-,16-14-,19-17-;. The lowest BCUT2D eigenvalue weighted by Crippen LogP contribution is -2.23. The van der Waals surface area contributed by atoms with Crippen molar-refractivity contribution >= 4 is 21.6 Å². The first kappa shape index (κ1) is 43.8. The number of nitrogens with one attached hydrogen (secondary N) is 1. The van der Waals surface area contributed by atoms with E-state index in [1.807, 2.05) is 27.8 Å². The molecule has 0 saturated carbocycles. The molecule has 47 heavy (non-hydrogen) atoms. The van der Waals surface area contributed by atoms with Gasteiger partial charge in [0.1, 0.15) is 0 Å². The van der Waals surface area contributed by atoms with Gasteiger partial charge in [0.25, 0.3) is 0 Å². The van der Waals surface area contributed by atoms with Crippen LogP contribution in [0.1, 0.15) is 162 Å². The smallest absolute Gasteiger partial charge is 0.0921 e. The number of hydrogen-bond donors (Lipinski definition) is 1. The van der Waals surface area contributed by atoms with E-state index in [1.54, 1.807) is 6.33 Å². The van der Waals surface area contributed by atoms with E-state index in [2.05, 4.69) is 72.4 Å². The summed E-state index contributed by atoms with van der Waals surface area (Å²) in [5.74, 6) is 1.90. The lowest BCUT2D eigenvalue weighted by Gasteiger charge is -2.18. The first-order valence-electron chi connectivity index (χ1n) is 19.4. The maximum atomic E-state index is 6.32. The van der Waals surface area contributed by atoms with Crippen molar-refractivity contribution in [1.29, 1.82) is 0 Å². The summed E-state index contributed by atoms with van der Waals surface area (Å²) < 4.78 is 12.4. The largest absolute Gasteiger partial charge is 0.379 e. The third kappa shape index (κ3) is 33.1. The molecule has 6 heteroatoms. The summed E-state index contributed by atoms with van der Waals surface area (Å²) in [7, 11) is 3.75. The molecule has 0 aliphatic rings. The fraction of sp³-hybridized carbons (Fsp3) is 0.732. The van der Waals surface area contributed by atoms with Crippen molar-refractivity contribution in [3.63, 3.8) is 0 Å². The quantitative estimate of drug-likeness (QED) is 0.0431. The van der Waals surface area contributed by atoms with Crippen LogP contribution in [-0.4, -0.2) is 41.6 Å². The summed E-state index contributed by atoms with van der Waals surface area (Å²) in [6, 6.07) is 0. The molecule has 0 radical (unpaired) electrons. The van der Waals surface area contributed by atoms with Gasteiger partial charge in [0.15, 0.2) is 0 Å². The highest BCUT2D eigenvalue weighted by Gasteiger charge is 2.11. The minimum Gasteiger partial charge on any atom is -0.379 e. The number of unbranched alkanes of at least 4 members (excludes halogenated alkanes) is 16. The first-order chi connectivity index (χ1) is 23.4. The molecular formula is C41H74N2O2S2. The van der Waals surface area contributed by atoms with Crippen LogP contribution in [0, 0.1) is 0 Å². The summed E-state index contributed by atoms with van der Waals surface area (Å²) >= 11 is 0. The molecule has 0 saturated heterocycles. The highest BCUT2D eigenvalue weighted by molar-refractivity contribution is 8.76. The van der Waals surface area contributed by atoms with Gasteiger partial charge in [-0.2, -0.15) is 0 Å². The molecule has 0 amide bonds. The summed E-state index contributed by atoms with van der Waals surface area (Å²) in [6.07, 6.45) is 50.2. The SMILES string of the molecule is CCC/C=C\C/C=C\CCCCCCCCOCC(CSSCc1cnc[nH]1)OCCCCCCCC/C=C\C/C=C\CCCCC.[HH]. The second-order valence-corrected chi connectivity index (χ2v) is 15.2. The Labute approximate surface area is 300 Å². The molecule has 1 aromatic heterocycles. The Morgan fingerprint density at radius 3 is 1.77 bits per heavy atom. The van der Waals surface area contributed by atoms with Gasteiger partial charge in [-0.25, -0.2) is 4.98 Å². The summed E-state index contributed by atoms with van der Waals surface area (Å²) in [4.78, 5) is 7.30. The van der Waals surface area contributed by atoms with Gasteiger partial charge in [-0.05, 0) is 70.6 Å². The fourth-order valence-electron chi connectivity index (χ4n) is 5.14. The number of allylic oxidation sites excluding steroid dienone is 8. The van der Waals surface area contributed by atoms with Crippen molar-refractivity contribution in [2.24, 2.45) is 0 Å². The second kappa shape index (κ2) is 37.6. The lowest BCUT2D eigenvalue weighted by molar-refractivity contribution is -0.00609. The molecule has 4 nitrogen and oxygen atoms in total. The Morgan fingerprint density at radius 2 is 1.19 bits per heavy atom. The molecule has 1 N–H and O–H groups in total. The van der Waals surface area contributed by atoms with Crippen LogP contribution < -0.4 is 0 Å². The number of nitrogens with zero attached hydrogens (tertiary/aromatic N) is 1. The Bertz CT molecular complexity index is 861. The molecular weight excluding hydrogens is 617 g/mol. The molecule has 0 spiro atoms. The number of hydrogen-bond acceptors (Lipinski definition) is 5. The zero-order chi connectivity index (χ0) is 33.6. The summed E-state index contributed by atoms with van der Waals surface area (Å²) in [5, 5.41) is 0. The zero-order valence-corrected chi connectivity index (χ0v) is 32.2. The van der Waals surface area contributed by atoms with E-state index >= 15 is 0 Å². The third-order valence-corrected chi connectivity index (χ3v) is 10.4. The zero-order valence-electron chi connectivity index (χ0n) is 30.5. The topological polar surface area (TPSA) is 47.1 Å². The Balaban J connectivity index is 0.0000221. The third-order valence-electron chi connectivity index (χ3n) is 8.08. The summed E-state index contributed by atoms with van der Waals surface area (Å²) in [6.45, 7) is 6.90. The second-order valence-electron chi connectivity index (χ2n) is 12.7. The van der Waals surface area contributed by atoms with Crippen LogP contribution in [0.25, 0.3) is 0 Å². The fourth-order valence-corrected chi connectivity index (χ4v) is 7.32. The monoisotopic (exact) mass is 691 g/mol. The first-order valence-corrected chi connectivity index (χ1v) is 21.9. The van der Waals surface area contributed by atoms with Gasteiger partial charge in [0, 0.05) is 38.0 Å². The van der Waals surface area contributed by atoms with E-state index in [0.29, 0.717) is 6.61 Å². The maximum Gasteiger partial charge on any atom is 0.0921 e. The molecule has 1 heterocycles. The van der Waals surface area contributed by atoms with Crippen LogP contribution >= 0.6 is 21.6 Å². The van der Waals surface area contributed by atoms with Crippen LogP contribution in [-0.2, 0) is 15.2 Å². The number of imidazole rings is 1. The Kier molecular flexibility index (Phi) is 35.1. The molecule has 1 atom stereocenters. The molecule has 0 bridgehead atoms. The van der Waals surface area contributed by atoms with E-state index in [9.17, 15) is 0 Å². The van der Waals surface area contributed by atoms with E-state index in [0.717, 1.165) is 50.4 Å². The van der Waals surface area contributed by atoms with E-state index in [4.69, 9.17) is 9.47 Å². The Hall–Kier alpha value is -1.21. The highest BCUT2D eigenvalue weighted by Crippen LogP contribution is 2.26. The minimum absolute atomic E-state index is 0. The predicted molar refractivity (Wildman–Crippen MR) is 214 cm³/mol. The number of H-pyrrole nitrogens is 1. The van der Waals surface area contributed by atoms with Crippen molar-refractivity contribution in [3.8, 4) is 0 Å². The average molecular weight is 691 g/mol. The van der Waals surface area contributed by atoms with Gasteiger partial charge in [-0.15, -0.1) is 0 Å². The van der Waals surface area contributed by atoms with E-state index in [-0.39, 0.29) is 7.53 Å². The van der Waals surface area contributed by atoms with Gasteiger partial charge in [0.2, 0.25) is 0 Å². The molecule has 0 fully saturated rings. The van der Waals surface area contributed by atoms with Crippen LogP contribution in [0.2, 0.25) is 0 Å². The van der Waals surface area contributed by atoms with Crippen molar-refractivity contribution in [3.05, 3.63) is 66.8 Å². The van der Waals surface area contributed by atoms with Crippen LogP contribution in [0.15, 0.2) is 61.1 Å². The highest BCUT2D eigenvalue weighted by atomic mass is 33.1. The molecule has 272 valence electrons. The van der Waals surface area contributed by atoms with Gasteiger partial charge in [-0.1, -0.05) is 155 Å². The molecule has 1 rings (SSSR count). The van der Waals surface area contributed by atoms with Gasteiger partial charge in [0.05, 0.1) is 19.0 Å². The molecule has 1 aromatic rings. The van der Waals surface area contributed by atoms with Crippen molar-refractivity contribution < 1.29 is 10.9 Å². The summed E-state index contributed by atoms with van der Waals surface area (Å²) in [5.41, 5.74) is 1.17. The van der Waals surface area contributed by atoms with Gasteiger partial charge < -0.3 is 14.5 Å². The van der Waals surface area contributed by atoms with Gasteiger partial charge in [-0.3, -0.25) is 0 Å². The van der Waals surface area contributed by atoms with Gasteiger partial charge >= 0.3 is 0 Å². The van der Waals surface area contributed by atoms with Crippen molar-refractivity contribution in [1.82, 2.24) is 9.97 Å². The number of aromatic amines is 1. The Morgan fingerprint density at radius 1 is 0.638 bits per heavy atom. The van der Waals surface area contributed by atoms with Crippen molar-refractivity contribution in [2.45, 2.75) is 167 Å². The minimum atomic E-state index is 0. The normalized spacial score (nSPS) is 13.0. The van der Waals surface area contributed by atoms with Crippen LogP contribution in [0.4, 0.5) is 0 Å². The number of aromatic nitrogens is 2. The van der Waals surface area contributed by atoms with Crippen molar-refractivity contribution in [2.75, 3.05) is 25.6 Å². The molecule has 1 unspecified atom stereocenters. The number of rotatable bonds is 36. The maximum absolute atomic E-state index is 6.32. The lowest BCUT2D eigenvalue weighted by atomic mass is 10.1. The van der Waals surface area contributed by atoms with Crippen LogP contribution in [0.5, 0.6) is 0 Å². The average Bonchev–Trinajstić information content (AvgIpc) is 3.61. The molecule has 0 aromatic carbocycles. The predicted octanol–water partition coefficient (Wildman–Crippen LogP) is 13.8. The van der Waals surface area contributed by atoms with E-state index < -0.39 is 0 Å². The molecule has 0 aliphatic carbocycles. The van der Waals surface area contributed by atoms with E-state index in [1.165, 1.54) is 121 Å². The molecule has 0 aliphatic heterocycles. The van der Waals surface area contributed by atoms with Crippen LogP contribution in [0.3, 0.4) is 0 Å². The number of ether oxygens (including phenoxy) is 2.